The number of rotatable bonds is 11. The van der Waals surface area contributed by atoms with E-state index in [9.17, 15) is 19.2 Å². The lowest BCUT2D eigenvalue weighted by molar-refractivity contribution is -0.144. The number of hydrogen-bond acceptors (Lipinski definition) is 6. The summed E-state index contributed by atoms with van der Waals surface area (Å²) in [6, 6.07) is -0.526. The molecule has 0 aromatic carbocycles. The lowest BCUT2D eigenvalue weighted by Crippen LogP contribution is -2.47. The van der Waals surface area contributed by atoms with Gasteiger partial charge >= 0.3 is 17.9 Å². The van der Waals surface area contributed by atoms with Gasteiger partial charge < -0.3 is 20.1 Å². The molecular weight excluding hydrogens is 272 g/mol. The molecule has 9 heteroatoms. The second kappa shape index (κ2) is 8.99. The van der Waals surface area contributed by atoms with Crippen molar-refractivity contribution in [3.8, 4) is 0 Å². The van der Waals surface area contributed by atoms with Crippen LogP contribution in [0.3, 0.4) is 0 Å². The van der Waals surface area contributed by atoms with E-state index in [1.54, 1.807) is 6.92 Å². The van der Waals surface area contributed by atoms with Gasteiger partial charge in [0, 0.05) is 12.6 Å². The van der Waals surface area contributed by atoms with Crippen molar-refractivity contribution >= 4 is 24.2 Å². The molecule has 1 atom stereocenters. The summed E-state index contributed by atoms with van der Waals surface area (Å²) in [7, 11) is 0. The van der Waals surface area contributed by atoms with Crippen LogP contribution in [0.15, 0.2) is 0 Å². The Morgan fingerprint density at radius 2 is 1.45 bits per heavy atom. The minimum atomic E-state index is -1.18. The minimum Gasteiger partial charge on any atom is -0.480 e. The number of nitrogens with zero attached hydrogens (tertiary/aromatic N) is 2. The van der Waals surface area contributed by atoms with Crippen LogP contribution in [0.5, 0.6) is 0 Å². The zero-order valence-electron chi connectivity index (χ0n) is 11.1. The molecule has 0 bridgehead atoms. The average Bonchev–Trinajstić information content (AvgIpc) is 2.26. The third kappa shape index (κ3) is 8.16. The molecule has 20 heavy (non-hydrogen) atoms. The highest BCUT2D eigenvalue weighted by atomic mass is 16.4. The Balaban J connectivity index is 4.70. The fourth-order valence-corrected chi connectivity index (χ4v) is 1.70. The number of aliphatic carboxylic acids is 3. The molecule has 0 heterocycles. The van der Waals surface area contributed by atoms with Crippen molar-refractivity contribution in [2.24, 2.45) is 0 Å². The number of carboxylic acid groups (broad SMARTS) is 3. The van der Waals surface area contributed by atoms with Crippen molar-refractivity contribution in [1.29, 1.82) is 0 Å². The van der Waals surface area contributed by atoms with Crippen LogP contribution in [-0.2, 0) is 19.2 Å². The van der Waals surface area contributed by atoms with Gasteiger partial charge in [0.15, 0.2) is 0 Å². The Kier molecular flexibility index (Phi) is 8.09. The van der Waals surface area contributed by atoms with Gasteiger partial charge in [-0.3, -0.25) is 24.2 Å². The van der Waals surface area contributed by atoms with Gasteiger partial charge in [0.1, 0.15) is 6.29 Å². The number of hydrogen-bond donors (Lipinski definition) is 3. The highest BCUT2D eigenvalue weighted by molar-refractivity contribution is 5.72. The smallest absolute Gasteiger partial charge is 0.317 e. The normalized spacial score (nSPS) is 12.3. The quantitative estimate of drug-likeness (QED) is 0.385. The van der Waals surface area contributed by atoms with E-state index in [1.807, 2.05) is 0 Å². The van der Waals surface area contributed by atoms with Crippen molar-refractivity contribution in [2.75, 3.05) is 32.7 Å². The number of carbonyl (C=O) groups excluding carboxylic acids is 1. The summed E-state index contributed by atoms with van der Waals surface area (Å²) in [6.07, 6.45) is 0.536. The molecule has 0 spiro atoms. The molecule has 0 aromatic rings. The lowest BCUT2D eigenvalue weighted by Gasteiger charge is -2.30. The highest BCUT2D eigenvalue weighted by Gasteiger charge is 2.22. The van der Waals surface area contributed by atoms with E-state index < -0.39 is 37.0 Å². The largest absolute Gasteiger partial charge is 0.480 e. The molecule has 0 radical (unpaired) electrons. The predicted molar refractivity (Wildman–Crippen MR) is 66.4 cm³/mol. The molecule has 0 unspecified atom stereocenters. The van der Waals surface area contributed by atoms with E-state index in [1.165, 1.54) is 9.80 Å². The van der Waals surface area contributed by atoms with Gasteiger partial charge in [-0.05, 0) is 6.92 Å². The average molecular weight is 290 g/mol. The standard InChI is InChI=1S/C11H18N2O7/c1-8(4-12(2-3-14)5-9(15)16)13(6-10(17)18)7-11(19)20/h3,8H,2,4-7H2,1H3,(H,15,16)(H,17,18)(H,19,20)/t8-/m1/s1. The Bertz CT molecular complexity index is 356. The molecule has 0 fully saturated rings. The van der Waals surface area contributed by atoms with Gasteiger partial charge in [0.2, 0.25) is 0 Å². The maximum absolute atomic E-state index is 10.7. The lowest BCUT2D eigenvalue weighted by atomic mass is 10.2. The van der Waals surface area contributed by atoms with Crippen LogP contribution in [0.1, 0.15) is 6.92 Å². The van der Waals surface area contributed by atoms with Crippen molar-refractivity contribution in [3.05, 3.63) is 0 Å². The van der Waals surface area contributed by atoms with Gasteiger partial charge in [-0.25, -0.2) is 0 Å². The van der Waals surface area contributed by atoms with Crippen LogP contribution in [0.25, 0.3) is 0 Å². The Labute approximate surface area is 115 Å². The summed E-state index contributed by atoms with van der Waals surface area (Å²) < 4.78 is 0. The molecule has 114 valence electrons. The Morgan fingerprint density at radius 3 is 1.80 bits per heavy atom. The van der Waals surface area contributed by atoms with E-state index in [0.717, 1.165) is 0 Å². The number of carbonyl (C=O) groups is 4. The third-order valence-electron chi connectivity index (χ3n) is 2.51. The van der Waals surface area contributed by atoms with E-state index in [2.05, 4.69) is 0 Å². The van der Waals surface area contributed by atoms with E-state index >= 15 is 0 Å². The summed E-state index contributed by atoms with van der Waals surface area (Å²) in [4.78, 5) is 45.0. The molecule has 0 saturated carbocycles. The van der Waals surface area contributed by atoms with E-state index in [4.69, 9.17) is 15.3 Å². The number of aldehydes is 1. The summed E-state index contributed by atoms with van der Waals surface area (Å²) >= 11 is 0. The second-order valence-electron chi connectivity index (χ2n) is 4.30. The SMILES string of the molecule is C[C@H](CN(CC=O)CC(=O)O)N(CC(=O)O)CC(=O)O. The molecular formula is C11H18N2O7. The first kappa shape index (κ1) is 18.0. The summed E-state index contributed by atoms with van der Waals surface area (Å²) in [6.45, 7) is 0.198. The van der Waals surface area contributed by atoms with Gasteiger partial charge in [-0.1, -0.05) is 0 Å². The van der Waals surface area contributed by atoms with Crippen molar-refractivity contribution in [2.45, 2.75) is 13.0 Å². The van der Waals surface area contributed by atoms with Gasteiger partial charge in [-0.2, -0.15) is 0 Å². The Hall–Kier alpha value is -2.00. The summed E-state index contributed by atoms with van der Waals surface area (Å²) in [5.41, 5.74) is 0. The number of carboxylic acids is 3. The molecule has 3 N–H and O–H groups in total. The first-order chi connectivity index (χ1) is 9.26. The van der Waals surface area contributed by atoms with Gasteiger partial charge in [0.25, 0.3) is 0 Å². The fourth-order valence-electron chi connectivity index (χ4n) is 1.70. The van der Waals surface area contributed by atoms with Crippen molar-refractivity contribution < 1.29 is 34.5 Å². The maximum Gasteiger partial charge on any atom is 0.317 e. The van der Waals surface area contributed by atoms with Crippen LogP contribution >= 0.6 is 0 Å². The topological polar surface area (TPSA) is 135 Å². The first-order valence-electron chi connectivity index (χ1n) is 5.81. The fraction of sp³-hybridized carbons (Fsp3) is 0.636. The zero-order chi connectivity index (χ0) is 15.7. The van der Waals surface area contributed by atoms with Crippen LogP contribution in [0, 0.1) is 0 Å². The molecule has 0 aliphatic heterocycles. The highest BCUT2D eigenvalue weighted by Crippen LogP contribution is 2.02. The molecule has 0 amide bonds. The predicted octanol–water partition coefficient (Wildman–Crippen LogP) is -1.57. The Morgan fingerprint density at radius 1 is 1.00 bits per heavy atom. The van der Waals surface area contributed by atoms with Crippen molar-refractivity contribution in [1.82, 2.24) is 9.80 Å². The van der Waals surface area contributed by atoms with Crippen LogP contribution in [0.2, 0.25) is 0 Å². The molecule has 9 nitrogen and oxygen atoms in total. The summed E-state index contributed by atoms with van der Waals surface area (Å²) in [5, 5.41) is 26.2. The summed E-state index contributed by atoms with van der Waals surface area (Å²) in [5.74, 6) is -3.49. The van der Waals surface area contributed by atoms with Gasteiger partial charge in [0.05, 0.1) is 26.2 Å². The third-order valence-corrected chi connectivity index (χ3v) is 2.51. The zero-order valence-corrected chi connectivity index (χ0v) is 11.1. The van der Waals surface area contributed by atoms with Crippen LogP contribution in [-0.4, -0.2) is 88.1 Å². The van der Waals surface area contributed by atoms with Crippen LogP contribution < -0.4 is 0 Å². The molecule has 0 saturated heterocycles. The molecule has 0 aliphatic rings. The van der Waals surface area contributed by atoms with Crippen LogP contribution in [0.4, 0.5) is 0 Å². The van der Waals surface area contributed by atoms with E-state index in [0.29, 0.717) is 6.29 Å². The van der Waals surface area contributed by atoms with E-state index in [-0.39, 0.29) is 19.6 Å². The second-order valence-corrected chi connectivity index (χ2v) is 4.30. The molecule has 0 aliphatic carbocycles. The molecule has 0 rings (SSSR count). The molecule has 0 aromatic heterocycles. The first-order valence-corrected chi connectivity index (χ1v) is 5.81. The minimum absolute atomic E-state index is 0.0750. The monoisotopic (exact) mass is 290 g/mol. The maximum atomic E-state index is 10.7. The van der Waals surface area contributed by atoms with Gasteiger partial charge in [-0.15, -0.1) is 0 Å². The van der Waals surface area contributed by atoms with Crippen molar-refractivity contribution in [3.63, 3.8) is 0 Å².